The fraction of sp³-hybridized carbons (Fsp3) is 0.323. The lowest BCUT2D eigenvalue weighted by molar-refractivity contribution is 0.115. The molecule has 1 aromatic carbocycles. The van der Waals surface area contributed by atoms with Crippen molar-refractivity contribution in [1.82, 2.24) is 19.4 Å². The van der Waals surface area contributed by atoms with Crippen molar-refractivity contribution in [2.75, 3.05) is 19.7 Å². The van der Waals surface area contributed by atoms with E-state index in [0.29, 0.717) is 42.9 Å². The molecular weight excluding hydrogens is 524 g/mol. The molecule has 2 N–H and O–H groups in total. The van der Waals surface area contributed by atoms with Crippen LogP contribution in [0.2, 0.25) is 0 Å². The lowest BCUT2D eigenvalue weighted by atomic mass is 9.95. The highest BCUT2D eigenvalue weighted by Crippen LogP contribution is 2.40. The highest BCUT2D eigenvalue weighted by molar-refractivity contribution is 5.70. The van der Waals surface area contributed by atoms with Gasteiger partial charge in [0, 0.05) is 42.5 Å². The molecule has 41 heavy (non-hydrogen) atoms. The van der Waals surface area contributed by atoms with Gasteiger partial charge in [-0.15, -0.1) is 0 Å². The molecule has 0 spiro atoms. The first kappa shape index (κ1) is 26.5. The minimum atomic E-state index is -0.449. The number of hydrogen-bond acceptors (Lipinski definition) is 8. The van der Waals surface area contributed by atoms with E-state index in [2.05, 4.69) is 9.97 Å². The van der Waals surface area contributed by atoms with Crippen molar-refractivity contribution in [1.29, 1.82) is 0 Å². The zero-order chi connectivity index (χ0) is 28.2. The number of aromatic hydroxyl groups is 2. The maximum Gasteiger partial charge on any atom is 0.416 e. The number of carbonyl (C=O) groups is 1. The van der Waals surface area contributed by atoms with Crippen molar-refractivity contribution in [3.63, 3.8) is 0 Å². The van der Waals surface area contributed by atoms with Crippen LogP contribution in [0.1, 0.15) is 36.8 Å². The molecule has 0 atom stereocenters. The molecule has 10 nitrogen and oxygen atoms in total. The fourth-order valence-electron chi connectivity index (χ4n) is 5.36. The van der Waals surface area contributed by atoms with Gasteiger partial charge in [-0.1, -0.05) is 6.07 Å². The van der Waals surface area contributed by atoms with Crippen LogP contribution < -0.4 is 14.2 Å². The lowest BCUT2D eigenvalue weighted by Crippen LogP contribution is -2.41. The standard InChI is InChI=1S/C31H32N4O6/c36-29-25-5-1-2-6-26(25)30(37)35(29)22-8-13-28(33-19-22)41-31(38)34-17-14-21(15-18-34)20-39-23-9-11-24(12-10-23)40-27-7-3-4-16-32-27/h3-4,7-13,16,19,21,36-37H,1-2,5-6,14-15,17-18,20H2. The highest BCUT2D eigenvalue weighted by atomic mass is 16.6. The molecule has 4 aromatic rings. The van der Waals surface area contributed by atoms with Crippen molar-refractivity contribution in [2.24, 2.45) is 5.92 Å². The van der Waals surface area contributed by atoms with Crippen molar-refractivity contribution in [3.05, 3.63) is 78.1 Å². The van der Waals surface area contributed by atoms with Gasteiger partial charge in [-0.3, -0.25) is 0 Å². The largest absolute Gasteiger partial charge is 0.494 e. The molecular formula is C31H32N4O6. The summed E-state index contributed by atoms with van der Waals surface area (Å²) in [5, 5.41) is 21.3. The summed E-state index contributed by atoms with van der Waals surface area (Å²) in [6, 6.07) is 16.2. The van der Waals surface area contributed by atoms with Gasteiger partial charge in [0.1, 0.15) is 11.5 Å². The third-order valence-electron chi connectivity index (χ3n) is 7.64. The molecule has 10 heteroatoms. The summed E-state index contributed by atoms with van der Waals surface area (Å²) >= 11 is 0. The maximum atomic E-state index is 12.7. The van der Waals surface area contributed by atoms with Crippen LogP contribution in [0.4, 0.5) is 4.79 Å². The number of piperidine rings is 1. The molecule has 0 saturated carbocycles. The summed E-state index contributed by atoms with van der Waals surface area (Å²) in [5.74, 6) is 2.56. The fourth-order valence-corrected chi connectivity index (χ4v) is 5.36. The predicted octanol–water partition coefficient (Wildman–Crippen LogP) is 5.64. The number of fused-ring (bicyclic) bond motifs is 1. The monoisotopic (exact) mass is 556 g/mol. The van der Waals surface area contributed by atoms with Gasteiger partial charge in [0.25, 0.3) is 0 Å². The summed E-state index contributed by atoms with van der Waals surface area (Å²) < 4.78 is 18.6. The van der Waals surface area contributed by atoms with E-state index in [4.69, 9.17) is 14.2 Å². The zero-order valence-electron chi connectivity index (χ0n) is 22.6. The Hall–Kier alpha value is -4.73. The van der Waals surface area contributed by atoms with Gasteiger partial charge in [-0.2, -0.15) is 0 Å². The zero-order valence-corrected chi connectivity index (χ0v) is 22.6. The Morgan fingerprint density at radius 3 is 2.20 bits per heavy atom. The minimum absolute atomic E-state index is 0.0437. The number of amides is 1. The number of nitrogens with zero attached hydrogens (tertiary/aromatic N) is 4. The molecule has 1 aliphatic carbocycles. The SMILES string of the molecule is O=C(Oc1ccc(-n2c(O)c3c(c2O)CCCC3)cn1)N1CCC(COc2ccc(Oc3ccccn3)cc2)CC1. The van der Waals surface area contributed by atoms with Crippen LogP contribution in [0.3, 0.4) is 0 Å². The van der Waals surface area contributed by atoms with Crippen LogP contribution >= 0.6 is 0 Å². The van der Waals surface area contributed by atoms with E-state index >= 15 is 0 Å². The second kappa shape index (κ2) is 11.8. The number of rotatable bonds is 7. The number of likely N-dealkylation sites (tertiary alicyclic amines) is 1. The second-order valence-electron chi connectivity index (χ2n) is 10.4. The first-order valence-electron chi connectivity index (χ1n) is 13.9. The van der Waals surface area contributed by atoms with Gasteiger partial charge in [0.05, 0.1) is 18.5 Å². The van der Waals surface area contributed by atoms with Gasteiger partial charge in [0.2, 0.25) is 23.5 Å². The summed E-state index contributed by atoms with van der Waals surface area (Å²) in [6.45, 7) is 1.70. The Balaban J connectivity index is 0.967. The summed E-state index contributed by atoms with van der Waals surface area (Å²) in [7, 11) is 0. The van der Waals surface area contributed by atoms with E-state index in [1.54, 1.807) is 29.3 Å². The first-order chi connectivity index (χ1) is 20.0. The first-order valence-corrected chi connectivity index (χ1v) is 13.9. The van der Waals surface area contributed by atoms with Crippen LogP contribution in [-0.4, -0.2) is 55.4 Å². The summed E-state index contributed by atoms with van der Waals surface area (Å²) in [6.07, 6.45) is 7.77. The molecule has 212 valence electrons. The van der Waals surface area contributed by atoms with E-state index in [1.165, 1.54) is 10.8 Å². The molecule has 3 aromatic heterocycles. The van der Waals surface area contributed by atoms with Crippen LogP contribution in [0.15, 0.2) is 67.0 Å². The number of benzene rings is 1. The van der Waals surface area contributed by atoms with Gasteiger partial charge in [0.15, 0.2) is 0 Å². The van der Waals surface area contributed by atoms with Crippen LogP contribution in [0, 0.1) is 5.92 Å². The molecule has 4 heterocycles. The minimum Gasteiger partial charge on any atom is -0.494 e. The number of pyridine rings is 2. The van der Waals surface area contributed by atoms with E-state index in [-0.39, 0.29) is 17.6 Å². The van der Waals surface area contributed by atoms with Gasteiger partial charge in [-0.25, -0.2) is 19.3 Å². The van der Waals surface area contributed by atoms with Crippen molar-refractivity contribution < 1.29 is 29.2 Å². The number of carbonyl (C=O) groups excluding carboxylic acids is 1. The van der Waals surface area contributed by atoms with Crippen LogP contribution in [0.5, 0.6) is 35.0 Å². The van der Waals surface area contributed by atoms with Crippen molar-refractivity contribution >= 4 is 6.09 Å². The Labute approximate surface area is 237 Å². The summed E-state index contributed by atoms with van der Waals surface area (Å²) in [5.41, 5.74) is 2.09. The van der Waals surface area contributed by atoms with Gasteiger partial charge in [-0.05, 0) is 80.8 Å². The lowest BCUT2D eigenvalue weighted by Gasteiger charge is -2.31. The van der Waals surface area contributed by atoms with Gasteiger partial charge >= 0.3 is 6.09 Å². The topological polar surface area (TPSA) is 119 Å². The molecule has 0 unspecified atom stereocenters. The van der Waals surface area contributed by atoms with Crippen molar-refractivity contribution in [3.8, 4) is 40.7 Å². The van der Waals surface area contributed by atoms with Gasteiger partial charge < -0.3 is 29.3 Å². The smallest absolute Gasteiger partial charge is 0.416 e. The third-order valence-corrected chi connectivity index (χ3v) is 7.64. The highest BCUT2D eigenvalue weighted by Gasteiger charge is 2.27. The summed E-state index contributed by atoms with van der Waals surface area (Å²) in [4.78, 5) is 22.8. The number of hydrogen-bond donors (Lipinski definition) is 2. The van der Waals surface area contributed by atoms with E-state index < -0.39 is 6.09 Å². The Kier molecular flexibility index (Phi) is 7.62. The molecule has 1 fully saturated rings. The molecule has 2 aliphatic rings. The number of ether oxygens (including phenoxy) is 3. The van der Waals surface area contributed by atoms with E-state index in [0.717, 1.165) is 55.4 Å². The second-order valence-corrected chi connectivity index (χ2v) is 10.4. The molecule has 6 rings (SSSR count). The Morgan fingerprint density at radius 1 is 0.854 bits per heavy atom. The van der Waals surface area contributed by atoms with Crippen LogP contribution in [-0.2, 0) is 12.8 Å². The molecule has 0 bridgehead atoms. The molecule has 1 aliphatic heterocycles. The quantitative estimate of drug-likeness (QED) is 0.300. The molecule has 1 amide bonds. The van der Waals surface area contributed by atoms with Crippen LogP contribution in [0.25, 0.3) is 5.69 Å². The Morgan fingerprint density at radius 2 is 1.56 bits per heavy atom. The third kappa shape index (κ3) is 5.91. The van der Waals surface area contributed by atoms with Crippen molar-refractivity contribution in [2.45, 2.75) is 38.5 Å². The normalized spacial score (nSPS) is 15.3. The predicted molar refractivity (Wildman–Crippen MR) is 150 cm³/mol. The van der Waals surface area contributed by atoms with E-state index in [1.807, 2.05) is 36.4 Å². The Bertz CT molecular complexity index is 1450. The average Bonchev–Trinajstić information content (AvgIpc) is 3.27. The van der Waals surface area contributed by atoms with E-state index in [9.17, 15) is 15.0 Å². The number of aromatic nitrogens is 3. The molecule has 0 radical (unpaired) electrons. The molecule has 1 saturated heterocycles. The maximum absolute atomic E-state index is 12.7. The average molecular weight is 557 g/mol.